The standard InChI is InChI=1S/C22H20N6O3S.C7H8O/c1-2-16(29)27-11-5-6-13(12-27)25-20(30)19-18-17-14(8-10-24-21(17)32-19)28(22(31)26-18)15-7-3-4-9-23-15;1-8-7-5-3-2-4-6-7/h2-4,7-10,13H,1,5-6,11-12H2,(H,25,30)(H,26,31);2-6H,1H3/t13-;/m1./s1. The Morgan fingerprint density at radius 3 is 2.62 bits per heavy atom. The third kappa shape index (κ3) is 5.50. The predicted octanol–water partition coefficient (Wildman–Crippen LogP) is 4.98. The number of carbonyl (C=O) groups is 3. The lowest BCUT2D eigenvalue weighted by Gasteiger charge is -2.32. The van der Waals surface area contributed by atoms with E-state index < -0.39 is 6.03 Å². The molecule has 2 N–H and O–H groups in total. The molecule has 11 heteroatoms. The zero-order valence-corrected chi connectivity index (χ0v) is 22.7. The number of carbonyl (C=O) groups excluding carboxylic acids is 3. The number of nitrogens with zero attached hydrogens (tertiary/aromatic N) is 4. The minimum absolute atomic E-state index is 0.142. The highest BCUT2D eigenvalue weighted by Gasteiger charge is 2.34. The number of nitrogens with one attached hydrogen (secondary N) is 2. The molecule has 6 rings (SSSR count). The summed E-state index contributed by atoms with van der Waals surface area (Å²) < 4.78 is 4.91. The zero-order valence-electron chi connectivity index (χ0n) is 21.9. The molecule has 0 radical (unpaired) electrons. The predicted molar refractivity (Wildman–Crippen MR) is 155 cm³/mol. The second kappa shape index (κ2) is 12.0. The number of aromatic nitrogens is 2. The lowest BCUT2D eigenvalue weighted by atomic mass is 10.1. The van der Waals surface area contributed by atoms with Gasteiger partial charge in [-0.3, -0.25) is 9.59 Å². The molecule has 2 aliphatic heterocycles. The molecule has 0 saturated carbocycles. The van der Waals surface area contributed by atoms with Crippen LogP contribution in [0.3, 0.4) is 0 Å². The van der Waals surface area contributed by atoms with Gasteiger partial charge in [0.25, 0.3) is 5.91 Å². The van der Waals surface area contributed by atoms with Crippen LogP contribution in [0.5, 0.6) is 5.75 Å². The van der Waals surface area contributed by atoms with Gasteiger partial charge < -0.3 is 20.3 Å². The van der Waals surface area contributed by atoms with E-state index in [1.807, 2.05) is 30.3 Å². The molecule has 4 amide bonds. The molecule has 0 unspecified atom stereocenters. The minimum Gasteiger partial charge on any atom is -0.497 e. The molecular formula is C29H28N6O4S. The molecule has 0 bridgehead atoms. The highest BCUT2D eigenvalue weighted by Crippen LogP contribution is 2.45. The lowest BCUT2D eigenvalue weighted by molar-refractivity contribution is -0.127. The smallest absolute Gasteiger partial charge is 0.332 e. The highest BCUT2D eigenvalue weighted by molar-refractivity contribution is 7.21. The van der Waals surface area contributed by atoms with Crippen LogP contribution in [0.1, 0.15) is 22.5 Å². The summed E-state index contributed by atoms with van der Waals surface area (Å²) in [5, 5.41) is 6.58. The van der Waals surface area contributed by atoms with Gasteiger partial charge in [-0.15, -0.1) is 11.3 Å². The first-order valence-corrected chi connectivity index (χ1v) is 13.6. The molecular weight excluding hydrogens is 528 g/mol. The monoisotopic (exact) mass is 556 g/mol. The molecule has 5 heterocycles. The van der Waals surface area contributed by atoms with Crippen LogP contribution < -0.4 is 20.3 Å². The summed E-state index contributed by atoms with van der Waals surface area (Å²) in [7, 11) is 1.66. The van der Waals surface area contributed by atoms with Crippen LogP contribution in [0.4, 0.5) is 22.0 Å². The van der Waals surface area contributed by atoms with Crippen molar-refractivity contribution >= 4 is 56.6 Å². The van der Waals surface area contributed by atoms with Crippen LogP contribution in [-0.2, 0) is 4.79 Å². The Morgan fingerprint density at radius 1 is 1.12 bits per heavy atom. The second-order valence-corrected chi connectivity index (χ2v) is 10.1. The van der Waals surface area contributed by atoms with Gasteiger partial charge in [0.2, 0.25) is 5.91 Å². The summed E-state index contributed by atoms with van der Waals surface area (Å²) in [6.07, 6.45) is 6.10. The molecule has 1 saturated heterocycles. The molecule has 1 fully saturated rings. The Balaban J connectivity index is 0.000000348. The fourth-order valence-electron chi connectivity index (χ4n) is 4.69. The van der Waals surface area contributed by atoms with E-state index in [9.17, 15) is 14.4 Å². The number of anilines is 3. The van der Waals surface area contributed by atoms with Gasteiger partial charge >= 0.3 is 6.03 Å². The summed E-state index contributed by atoms with van der Waals surface area (Å²) in [5.74, 6) is 0.956. The Bertz CT molecular complexity index is 1540. The van der Waals surface area contributed by atoms with E-state index in [1.165, 1.54) is 22.3 Å². The number of amides is 4. The molecule has 0 aliphatic carbocycles. The zero-order chi connectivity index (χ0) is 28.1. The fourth-order valence-corrected chi connectivity index (χ4v) is 5.71. The van der Waals surface area contributed by atoms with Gasteiger partial charge in [-0.2, -0.15) is 0 Å². The van der Waals surface area contributed by atoms with E-state index >= 15 is 0 Å². The maximum atomic E-state index is 13.2. The van der Waals surface area contributed by atoms with Crippen molar-refractivity contribution in [3.05, 3.63) is 84.5 Å². The molecule has 10 nitrogen and oxygen atoms in total. The Labute approximate surface area is 235 Å². The van der Waals surface area contributed by atoms with E-state index in [2.05, 4.69) is 27.2 Å². The maximum Gasteiger partial charge on any atom is 0.332 e. The molecule has 1 atom stereocenters. The van der Waals surface area contributed by atoms with Crippen LogP contribution in [0.15, 0.2) is 79.6 Å². The van der Waals surface area contributed by atoms with Crippen molar-refractivity contribution in [2.24, 2.45) is 0 Å². The van der Waals surface area contributed by atoms with Crippen LogP contribution in [0.2, 0.25) is 0 Å². The van der Waals surface area contributed by atoms with Crippen LogP contribution in [0, 0.1) is 0 Å². The number of thiophene rings is 1. The van der Waals surface area contributed by atoms with E-state index in [4.69, 9.17) is 4.74 Å². The van der Waals surface area contributed by atoms with E-state index in [-0.39, 0.29) is 17.9 Å². The minimum atomic E-state index is -0.392. The SMILES string of the molecule is C=CC(=O)N1CCC[C@@H](NC(=O)c2sc3nccc4c3c2NC(=O)N4c2ccccn2)C1.COc1ccccc1. The molecule has 4 aromatic rings. The van der Waals surface area contributed by atoms with Gasteiger partial charge in [0.1, 0.15) is 21.3 Å². The molecule has 0 spiro atoms. The molecule has 1 aromatic carbocycles. The van der Waals surface area contributed by atoms with Crippen molar-refractivity contribution in [1.29, 1.82) is 0 Å². The van der Waals surface area contributed by atoms with E-state index in [1.54, 1.807) is 48.7 Å². The van der Waals surface area contributed by atoms with E-state index in [0.29, 0.717) is 45.4 Å². The largest absolute Gasteiger partial charge is 0.497 e. The van der Waals surface area contributed by atoms with Gasteiger partial charge in [-0.05, 0) is 49.2 Å². The molecule has 204 valence electrons. The van der Waals surface area contributed by atoms with Crippen LogP contribution in [-0.4, -0.2) is 59.0 Å². The number of rotatable bonds is 5. The molecule has 40 heavy (non-hydrogen) atoms. The number of likely N-dealkylation sites (tertiary alicyclic amines) is 1. The van der Waals surface area contributed by atoms with Gasteiger partial charge in [-0.25, -0.2) is 19.7 Å². The quantitative estimate of drug-likeness (QED) is 0.335. The van der Waals surface area contributed by atoms with Gasteiger partial charge in [-0.1, -0.05) is 30.8 Å². The van der Waals surface area contributed by atoms with Crippen LogP contribution >= 0.6 is 11.3 Å². The number of benzene rings is 1. The lowest BCUT2D eigenvalue weighted by Crippen LogP contribution is -2.49. The number of piperidine rings is 1. The summed E-state index contributed by atoms with van der Waals surface area (Å²) in [6.45, 7) is 4.62. The third-order valence-corrected chi connectivity index (χ3v) is 7.65. The highest BCUT2D eigenvalue weighted by atomic mass is 32.1. The molecule has 3 aromatic heterocycles. The topological polar surface area (TPSA) is 117 Å². The number of urea groups is 1. The Kier molecular flexibility index (Phi) is 8.02. The average Bonchev–Trinajstić information content (AvgIpc) is 3.37. The number of hydrogen-bond acceptors (Lipinski definition) is 7. The average molecular weight is 557 g/mol. The fraction of sp³-hybridized carbons (Fsp3) is 0.207. The Hall–Kier alpha value is -4.77. The summed E-state index contributed by atoms with van der Waals surface area (Å²) in [5.41, 5.74) is 1.08. The number of para-hydroxylation sites is 1. The van der Waals surface area contributed by atoms with Crippen molar-refractivity contribution in [2.75, 3.05) is 30.4 Å². The first-order chi connectivity index (χ1) is 19.5. The van der Waals surface area contributed by atoms with Crippen molar-refractivity contribution in [1.82, 2.24) is 20.2 Å². The van der Waals surface area contributed by atoms with Crippen molar-refractivity contribution in [3.8, 4) is 5.75 Å². The van der Waals surface area contributed by atoms with Crippen LogP contribution in [0.25, 0.3) is 10.2 Å². The van der Waals surface area contributed by atoms with Crippen molar-refractivity contribution in [2.45, 2.75) is 18.9 Å². The second-order valence-electron chi connectivity index (χ2n) is 9.09. The maximum absolute atomic E-state index is 13.2. The first kappa shape index (κ1) is 26.8. The van der Waals surface area contributed by atoms with Crippen molar-refractivity contribution < 1.29 is 19.1 Å². The third-order valence-electron chi connectivity index (χ3n) is 6.55. The number of methoxy groups -OCH3 is 1. The van der Waals surface area contributed by atoms with Gasteiger partial charge in [0, 0.05) is 31.5 Å². The number of pyridine rings is 2. The first-order valence-electron chi connectivity index (χ1n) is 12.7. The normalized spacial score (nSPS) is 15.9. The summed E-state index contributed by atoms with van der Waals surface area (Å²) >= 11 is 1.23. The summed E-state index contributed by atoms with van der Waals surface area (Å²) in [4.78, 5) is 51.0. The summed E-state index contributed by atoms with van der Waals surface area (Å²) in [6, 6.07) is 16.2. The van der Waals surface area contributed by atoms with Crippen molar-refractivity contribution in [3.63, 3.8) is 0 Å². The van der Waals surface area contributed by atoms with E-state index in [0.717, 1.165) is 18.6 Å². The van der Waals surface area contributed by atoms with Gasteiger partial charge in [0.05, 0.1) is 23.9 Å². The van der Waals surface area contributed by atoms with Gasteiger partial charge in [0.15, 0.2) is 0 Å². The number of hydrogen-bond donors (Lipinski definition) is 2. The molecule has 2 aliphatic rings. The Morgan fingerprint density at radius 2 is 1.93 bits per heavy atom. The number of ether oxygens (including phenoxy) is 1.